The van der Waals surface area contributed by atoms with Gasteiger partial charge in [0.25, 0.3) is 0 Å². The van der Waals surface area contributed by atoms with Crippen molar-refractivity contribution in [3.8, 4) is 6.07 Å². The van der Waals surface area contributed by atoms with Crippen LogP contribution < -0.4 is 5.32 Å². The lowest BCUT2D eigenvalue weighted by Gasteiger charge is -2.42. The zero-order chi connectivity index (χ0) is 13.8. The van der Waals surface area contributed by atoms with Crippen LogP contribution in [0.4, 0.5) is 0 Å². The Morgan fingerprint density at radius 2 is 2.11 bits per heavy atom. The normalized spacial score (nSPS) is 30.4. The van der Waals surface area contributed by atoms with Gasteiger partial charge in [-0.1, -0.05) is 13.8 Å². The molecule has 104 valence electrons. The predicted molar refractivity (Wildman–Crippen MR) is 76.3 cm³/mol. The monoisotopic (exact) mass is 251 g/mol. The summed E-state index contributed by atoms with van der Waals surface area (Å²) in [5.74, 6) is 0.732. The summed E-state index contributed by atoms with van der Waals surface area (Å²) < 4.78 is 0. The molecule has 3 heteroatoms. The fourth-order valence-corrected chi connectivity index (χ4v) is 3.19. The lowest BCUT2D eigenvalue weighted by atomic mass is 9.79. The van der Waals surface area contributed by atoms with Crippen LogP contribution in [0.1, 0.15) is 52.9 Å². The third-order valence-electron chi connectivity index (χ3n) is 4.50. The highest BCUT2D eigenvalue weighted by molar-refractivity contribution is 5.10. The number of nitrogens with zero attached hydrogens (tertiary/aromatic N) is 2. The van der Waals surface area contributed by atoms with Crippen molar-refractivity contribution in [2.75, 3.05) is 14.1 Å². The second-order valence-corrected chi connectivity index (χ2v) is 6.34. The second-order valence-electron chi connectivity index (χ2n) is 6.34. The van der Waals surface area contributed by atoms with Crippen LogP contribution >= 0.6 is 0 Å². The first kappa shape index (κ1) is 15.5. The summed E-state index contributed by atoms with van der Waals surface area (Å²) in [6.07, 6.45) is 5.55. The smallest absolute Gasteiger partial charge is 0.108 e. The van der Waals surface area contributed by atoms with E-state index in [1.54, 1.807) is 0 Å². The van der Waals surface area contributed by atoms with Gasteiger partial charge in [0.1, 0.15) is 5.54 Å². The van der Waals surface area contributed by atoms with Crippen LogP contribution in [0.3, 0.4) is 0 Å². The van der Waals surface area contributed by atoms with Crippen LogP contribution in [-0.2, 0) is 0 Å². The zero-order valence-corrected chi connectivity index (χ0v) is 12.7. The van der Waals surface area contributed by atoms with Gasteiger partial charge in [-0.05, 0) is 59.0 Å². The van der Waals surface area contributed by atoms with E-state index >= 15 is 0 Å². The molecule has 18 heavy (non-hydrogen) atoms. The third-order valence-corrected chi connectivity index (χ3v) is 4.50. The summed E-state index contributed by atoms with van der Waals surface area (Å²) in [5.41, 5.74) is -0.297. The van der Waals surface area contributed by atoms with Crippen molar-refractivity contribution in [1.82, 2.24) is 10.2 Å². The molecule has 0 aromatic heterocycles. The molecule has 1 aliphatic rings. The minimum Gasteiger partial charge on any atom is -0.302 e. The van der Waals surface area contributed by atoms with Gasteiger partial charge < -0.3 is 10.2 Å². The van der Waals surface area contributed by atoms with Crippen molar-refractivity contribution in [2.24, 2.45) is 5.92 Å². The molecule has 3 unspecified atom stereocenters. The molecule has 3 atom stereocenters. The Labute approximate surface area is 113 Å². The molecule has 1 N–H and O–H groups in total. The fraction of sp³-hybridized carbons (Fsp3) is 0.933. The summed E-state index contributed by atoms with van der Waals surface area (Å²) in [6.45, 7) is 6.86. The Kier molecular flexibility index (Phi) is 5.62. The van der Waals surface area contributed by atoms with Crippen molar-refractivity contribution in [2.45, 2.75) is 70.5 Å². The minimum absolute atomic E-state index is 0.297. The lowest BCUT2D eigenvalue weighted by Crippen LogP contribution is -2.52. The molecule has 3 nitrogen and oxygen atoms in total. The number of rotatable bonds is 5. The highest BCUT2D eigenvalue weighted by Gasteiger charge is 2.37. The van der Waals surface area contributed by atoms with Crippen LogP contribution in [-0.4, -0.2) is 36.6 Å². The van der Waals surface area contributed by atoms with Crippen molar-refractivity contribution in [3.63, 3.8) is 0 Å². The van der Waals surface area contributed by atoms with Gasteiger partial charge in [0.15, 0.2) is 0 Å². The van der Waals surface area contributed by atoms with Crippen molar-refractivity contribution >= 4 is 0 Å². The molecule has 0 radical (unpaired) electrons. The fourth-order valence-electron chi connectivity index (χ4n) is 3.19. The Morgan fingerprint density at radius 3 is 2.61 bits per heavy atom. The standard InChI is InChI=1S/C15H29N3/c1-12(2)9-13(3)18(5)14-7-6-8-15(10-14,11-16)17-4/h12-14,17H,6-10H2,1-5H3. The quantitative estimate of drug-likeness (QED) is 0.816. The molecule has 0 aromatic carbocycles. The molecular formula is C15H29N3. The molecule has 0 spiro atoms. The van der Waals surface area contributed by atoms with Crippen LogP contribution in [0.15, 0.2) is 0 Å². The SMILES string of the molecule is CNC1(C#N)CCCC(N(C)C(C)CC(C)C)C1. The van der Waals surface area contributed by atoms with E-state index in [4.69, 9.17) is 0 Å². The molecule has 0 saturated heterocycles. The van der Waals surface area contributed by atoms with Gasteiger partial charge in [-0.3, -0.25) is 0 Å². The van der Waals surface area contributed by atoms with Crippen LogP contribution in [0, 0.1) is 17.2 Å². The first-order valence-corrected chi connectivity index (χ1v) is 7.26. The Bertz CT molecular complexity index is 295. The molecule has 1 saturated carbocycles. The molecule has 0 aromatic rings. The average molecular weight is 251 g/mol. The maximum atomic E-state index is 9.39. The Hall–Kier alpha value is -0.590. The number of hydrogen-bond donors (Lipinski definition) is 1. The van der Waals surface area contributed by atoms with Gasteiger partial charge in [0, 0.05) is 12.1 Å². The van der Waals surface area contributed by atoms with Crippen LogP contribution in [0.25, 0.3) is 0 Å². The maximum Gasteiger partial charge on any atom is 0.108 e. The van der Waals surface area contributed by atoms with Gasteiger partial charge in [-0.25, -0.2) is 0 Å². The first-order chi connectivity index (χ1) is 8.44. The van der Waals surface area contributed by atoms with E-state index in [0.717, 1.165) is 25.2 Å². The highest BCUT2D eigenvalue weighted by Crippen LogP contribution is 2.31. The van der Waals surface area contributed by atoms with E-state index in [1.807, 2.05) is 7.05 Å². The molecule has 0 bridgehead atoms. The molecule has 0 amide bonds. The summed E-state index contributed by atoms with van der Waals surface area (Å²) in [4.78, 5) is 2.49. The minimum atomic E-state index is -0.297. The van der Waals surface area contributed by atoms with Crippen molar-refractivity contribution < 1.29 is 0 Å². The van der Waals surface area contributed by atoms with Gasteiger partial charge >= 0.3 is 0 Å². The largest absolute Gasteiger partial charge is 0.302 e. The van der Waals surface area contributed by atoms with Gasteiger partial charge in [-0.2, -0.15) is 5.26 Å². The topological polar surface area (TPSA) is 39.1 Å². The lowest BCUT2D eigenvalue weighted by molar-refractivity contribution is 0.105. The van der Waals surface area contributed by atoms with Gasteiger partial charge in [0.2, 0.25) is 0 Å². The van der Waals surface area contributed by atoms with Gasteiger partial charge in [-0.15, -0.1) is 0 Å². The van der Waals surface area contributed by atoms with Crippen molar-refractivity contribution in [1.29, 1.82) is 5.26 Å². The average Bonchev–Trinajstić information content (AvgIpc) is 2.37. The molecule has 1 aliphatic carbocycles. The Balaban J connectivity index is 2.63. The first-order valence-electron chi connectivity index (χ1n) is 7.26. The second kappa shape index (κ2) is 6.54. The van der Waals surface area contributed by atoms with E-state index in [2.05, 4.69) is 44.1 Å². The van der Waals surface area contributed by atoms with E-state index in [0.29, 0.717) is 12.1 Å². The molecule has 1 rings (SSSR count). The predicted octanol–water partition coefficient (Wildman–Crippen LogP) is 2.78. The van der Waals surface area contributed by atoms with Crippen molar-refractivity contribution in [3.05, 3.63) is 0 Å². The molecule has 0 heterocycles. The van der Waals surface area contributed by atoms with E-state index < -0.39 is 0 Å². The summed E-state index contributed by atoms with van der Waals surface area (Å²) in [7, 11) is 4.14. The third kappa shape index (κ3) is 3.70. The van der Waals surface area contributed by atoms with E-state index in [1.165, 1.54) is 12.8 Å². The highest BCUT2D eigenvalue weighted by atomic mass is 15.2. The maximum absolute atomic E-state index is 9.39. The number of nitriles is 1. The number of hydrogen-bond acceptors (Lipinski definition) is 3. The summed E-state index contributed by atoms with van der Waals surface area (Å²) in [5, 5.41) is 12.6. The Morgan fingerprint density at radius 1 is 1.44 bits per heavy atom. The molecule has 1 fully saturated rings. The van der Waals surface area contributed by atoms with E-state index in [9.17, 15) is 5.26 Å². The number of nitrogens with one attached hydrogen (secondary N) is 1. The van der Waals surface area contributed by atoms with Crippen LogP contribution in [0.5, 0.6) is 0 Å². The summed E-state index contributed by atoms with van der Waals surface area (Å²) >= 11 is 0. The molecule has 0 aliphatic heterocycles. The van der Waals surface area contributed by atoms with Gasteiger partial charge in [0.05, 0.1) is 6.07 Å². The molecular weight excluding hydrogens is 222 g/mol. The van der Waals surface area contributed by atoms with E-state index in [-0.39, 0.29) is 5.54 Å². The summed E-state index contributed by atoms with van der Waals surface area (Å²) in [6, 6.07) is 3.63. The van der Waals surface area contributed by atoms with Crippen LogP contribution in [0.2, 0.25) is 0 Å². The zero-order valence-electron chi connectivity index (χ0n) is 12.7.